The van der Waals surface area contributed by atoms with Gasteiger partial charge in [0.25, 0.3) is 0 Å². The Labute approximate surface area is 110 Å². The number of amides is 1. The van der Waals surface area contributed by atoms with E-state index in [2.05, 4.69) is 17.9 Å². The van der Waals surface area contributed by atoms with E-state index < -0.39 is 5.92 Å². The molecule has 0 bridgehead atoms. The summed E-state index contributed by atoms with van der Waals surface area (Å²) in [5, 5.41) is 9.04. The first-order valence-electron chi connectivity index (χ1n) is 7.11. The van der Waals surface area contributed by atoms with Crippen molar-refractivity contribution in [2.24, 2.45) is 5.92 Å². The monoisotopic (exact) mass is 249 g/mol. The molecule has 0 aliphatic carbocycles. The fourth-order valence-electron chi connectivity index (χ4n) is 3.18. The summed E-state index contributed by atoms with van der Waals surface area (Å²) in [7, 11) is 0. The summed E-state index contributed by atoms with van der Waals surface area (Å²) in [5.74, 6) is -0.416. The first-order chi connectivity index (χ1) is 8.67. The Morgan fingerprint density at radius 2 is 2.22 bits per heavy atom. The molecule has 2 heterocycles. The Balaban J connectivity index is 2.05. The van der Waals surface area contributed by atoms with Gasteiger partial charge >= 0.3 is 0 Å². The van der Waals surface area contributed by atoms with Crippen molar-refractivity contribution in [1.82, 2.24) is 9.80 Å². The number of carbonyl (C=O) groups is 1. The molecule has 3 unspecified atom stereocenters. The molecule has 0 saturated carbocycles. The quantitative estimate of drug-likeness (QED) is 0.747. The molecule has 2 aliphatic rings. The van der Waals surface area contributed by atoms with Crippen LogP contribution >= 0.6 is 0 Å². The second kappa shape index (κ2) is 5.71. The summed E-state index contributed by atoms with van der Waals surface area (Å²) >= 11 is 0. The maximum absolute atomic E-state index is 12.3. The molecule has 0 radical (unpaired) electrons. The van der Waals surface area contributed by atoms with E-state index in [1.54, 1.807) is 0 Å². The summed E-state index contributed by atoms with van der Waals surface area (Å²) in [6, 6.07) is 2.90. The lowest BCUT2D eigenvalue weighted by Crippen LogP contribution is -2.60. The van der Waals surface area contributed by atoms with E-state index in [9.17, 15) is 4.79 Å². The topological polar surface area (TPSA) is 47.3 Å². The number of nitriles is 1. The molecule has 18 heavy (non-hydrogen) atoms. The Morgan fingerprint density at radius 3 is 2.89 bits per heavy atom. The molecule has 0 spiro atoms. The molecule has 0 aromatic heterocycles. The van der Waals surface area contributed by atoms with Crippen LogP contribution in [0.2, 0.25) is 0 Å². The highest BCUT2D eigenvalue weighted by Crippen LogP contribution is 2.25. The number of hydrogen-bond donors (Lipinski definition) is 0. The SMILES string of the molecule is CCC(C#N)C(=O)N1CC2CCCCN2CC1C. The predicted molar refractivity (Wildman–Crippen MR) is 69.8 cm³/mol. The van der Waals surface area contributed by atoms with Crippen molar-refractivity contribution in [2.75, 3.05) is 19.6 Å². The van der Waals surface area contributed by atoms with Gasteiger partial charge in [0.05, 0.1) is 6.07 Å². The number of carbonyl (C=O) groups excluding carboxylic acids is 1. The fraction of sp³-hybridized carbons (Fsp3) is 0.857. The third-order valence-electron chi connectivity index (χ3n) is 4.33. The summed E-state index contributed by atoms with van der Waals surface area (Å²) in [6.07, 6.45) is 4.37. The first-order valence-corrected chi connectivity index (χ1v) is 7.11. The molecular weight excluding hydrogens is 226 g/mol. The summed E-state index contributed by atoms with van der Waals surface area (Å²) in [5.41, 5.74) is 0. The number of nitrogens with zero attached hydrogens (tertiary/aromatic N) is 3. The molecule has 0 aromatic carbocycles. The van der Waals surface area contributed by atoms with Crippen LogP contribution in [0.15, 0.2) is 0 Å². The zero-order chi connectivity index (χ0) is 13.1. The van der Waals surface area contributed by atoms with Crippen LogP contribution in [0.1, 0.15) is 39.5 Å². The van der Waals surface area contributed by atoms with Gasteiger partial charge in [-0.3, -0.25) is 9.69 Å². The van der Waals surface area contributed by atoms with Crippen LogP contribution in [0.4, 0.5) is 0 Å². The summed E-state index contributed by atoms with van der Waals surface area (Å²) in [4.78, 5) is 16.8. The molecule has 2 saturated heterocycles. The van der Waals surface area contributed by atoms with Gasteiger partial charge in [-0.05, 0) is 32.7 Å². The van der Waals surface area contributed by atoms with Crippen LogP contribution in [0.25, 0.3) is 0 Å². The Kier molecular flexibility index (Phi) is 4.23. The molecule has 2 aliphatic heterocycles. The Bertz CT molecular complexity index is 349. The molecule has 2 fully saturated rings. The predicted octanol–water partition coefficient (Wildman–Crippen LogP) is 1.62. The van der Waals surface area contributed by atoms with Gasteiger partial charge in [0.15, 0.2) is 0 Å². The van der Waals surface area contributed by atoms with Gasteiger partial charge in [0.2, 0.25) is 5.91 Å². The Hall–Kier alpha value is -1.08. The van der Waals surface area contributed by atoms with E-state index in [0.29, 0.717) is 12.5 Å². The van der Waals surface area contributed by atoms with Crippen LogP contribution in [0, 0.1) is 17.2 Å². The van der Waals surface area contributed by atoms with Gasteiger partial charge in [-0.25, -0.2) is 0 Å². The van der Waals surface area contributed by atoms with Crippen molar-refractivity contribution < 1.29 is 4.79 Å². The van der Waals surface area contributed by atoms with E-state index >= 15 is 0 Å². The molecule has 0 aromatic rings. The molecule has 1 amide bonds. The minimum atomic E-state index is -0.456. The smallest absolute Gasteiger partial charge is 0.240 e. The molecule has 0 N–H and O–H groups in total. The minimum absolute atomic E-state index is 0.0396. The van der Waals surface area contributed by atoms with Gasteiger partial charge in [-0.15, -0.1) is 0 Å². The highest BCUT2D eigenvalue weighted by Gasteiger charge is 2.36. The van der Waals surface area contributed by atoms with Gasteiger partial charge in [-0.2, -0.15) is 5.26 Å². The highest BCUT2D eigenvalue weighted by molar-refractivity contribution is 5.81. The number of rotatable bonds is 2. The van der Waals surface area contributed by atoms with Gasteiger partial charge in [-0.1, -0.05) is 13.3 Å². The molecule has 2 rings (SSSR count). The molecular formula is C14H23N3O. The van der Waals surface area contributed by atoms with Gasteiger partial charge in [0.1, 0.15) is 5.92 Å². The normalized spacial score (nSPS) is 30.4. The third-order valence-corrected chi connectivity index (χ3v) is 4.33. The largest absolute Gasteiger partial charge is 0.336 e. The lowest BCUT2D eigenvalue weighted by atomic mass is 9.95. The number of piperazine rings is 1. The van der Waals surface area contributed by atoms with Crippen molar-refractivity contribution in [3.8, 4) is 6.07 Å². The van der Waals surface area contributed by atoms with Crippen LogP contribution < -0.4 is 0 Å². The average molecular weight is 249 g/mol. The van der Waals surface area contributed by atoms with Crippen molar-refractivity contribution >= 4 is 5.91 Å². The van der Waals surface area contributed by atoms with Crippen LogP contribution in [0.5, 0.6) is 0 Å². The second-order valence-electron chi connectivity index (χ2n) is 5.57. The molecule has 100 valence electrons. The van der Waals surface area contributed by atoms with Crippen LogP contribution in [-0.2, 0) is 4.79 Å². The van der Waals surface area contributed by atoms with E-state index in [1.807, 2.05) is 11.8 Å². The van der Waals surface area contributed by atoms with E-state index in [4.69, 9.17) is 5.26 Å². The molecule has 4 nitrogen and oxygen atoms in total. The summed E-state index contributed by atoms with van der Waals surface area (Å²) < 4.78 is 0. The number of fused-ring (bicyclic) bond motifs is 1. The van der Waals surface area contributed by atoms with Crippen LogP contribution in [-0.4, -0.2) is 47.4 Å². The van der Waals surface area contributed by atoms with Crippen molar-refractivity contribution in [1.29, 1.82) is 5.26 Å². The van der Waals surface area contributed by atoms with E-state index in [0.717, 1.165) is 13.1 Å². The molecule has 3 atom stereocenters. The average Bonchev–Trinajstić information content (AvgIpc) is 2.39. The minimum Gasteiger partial charge on any atom is -0.336 e. The standard InChI is InChI=1S/C14H23N3O/c1-3-12(8-15)14(18)17-10-13-6-4-5-7-16(13)9-11(17)2/h11-13H,3-7,9-10H2,1-2H3. The van der Waals surface area contributed by atoms with Gasteiger partial charge in [0, 0.05) is 25.2 Å². The fourth-order valence-corrected chi connectivity index (χ4v) is 3.18. The van der Waals surface area contributed by atoms with E-state index in [-0.39, 0.29) is 11.9 Å². The van der Waals surface area contributed by atoms with Crippen molar-refractivity contribution in [3.05, 3.63) is 0 Å². The van der Waals surface area contributed by atoms with Crippen molar-refractivity contribution in [2.45, 2.75) is 51.6 Å². The zero-order valence-corrected chi connectivity index (χ0v) is 11.4. The first kappa shape index (κ1) is 13.4. The zero-order valence-electron chi connectivity index (χ0n) is 11.4. The lowest BCUT2D eigenvalue weighted by molar-refractivity contribution is -0.140. The third kappa shape index (κ3) is 2.51. The maximum Gasteiger partial charge on any atom is 0.240 e. The number of piperidine rings is 1. The Morgan fingerprint density at radius 1 is 1.44 bits per heavy atom. The second-order valence-corrected chi connectivity index (χ2v) is 5.57. The van der Waals surface area contributed by atoms with Gasteiger partial charge < -0.3 is 4.90 Å². The maximum atomic E-state index is 12.3. The number of hydrogen-bond acceptors (Lipinski definition) is 3. The van der Waals surface area contributed by atoms with Crippen LogP contribution in [0.3, 0.4) is 0 Å². The molecule has 4 heteroatoms. The lowest BCUT2D eigenvalue weighted by Gasteiger charge is -2.47. The van der Waals surface area contributed by atoms with E-state index in [1.165, 1.54) is 25.8 Å². The highest BCUT2D eigenvalue weighted by atomic mass is 16.2. The van der Waals surface area contributed by atoms with Crippen molar-refractivity contribution in [3.63, 3.8) is 0 Å². The summed E-state index contributed by atoms with van der Waals surface area (Å²) in [6.45, 7) is 6.98.